The van der Waals surface area contributed by atoms with Gasteiger partial charge in [0.05, 0.1) is 4.91 Å². The minimum Gasteiger partial charge on any atom is -0.480 e. The van der Waals surface area contributed by atoms with Gasteiger partial charge in [-0.05, 0) is 37.5 Å². The van der Waals surface area contributed by atoms with Gasteiger partial charge in [-0.15, -0.1) is 0 Å². The average Bonchev–Trinajstić information content (AvgIpc) is 3.22. The van der Waals surface area contributed by atoms with E-state index in [4.69, 9.17) is 16.6 Å². The Morgan fingerprint density at radius 2 is 2.04 bits per heavy atom. The van der Waals surface area contributed by atoms with Crippen LogP contribution in [0.3, 0.4) is 0 Å². The Bertz CT molecular complexity index is 933. The van der Waals surface area contributed by atoms with Gasteiger partial charge in [-0.25, -0.2) is 4.79 Å². The predicted octanol–water partition coefficient (Wildman–Crippen LogP) is 4.66. The molecule has 1 aliphatic heterocycles. The zero-order valence-electron chi connectivity index (χ0n) is 15.4. The Kier molecular flexibility index (Phi) is 6.64. The van der Waals surface area contributed by atoms with Gasteiger partial charge in [0.1, 0.15) is 21.9 Å². The van der Waals surface area contributed by atoms with Crippen molar-refractivity contribution in [3.8, 4) is 11.3 Å². The second-order valence-corrected chi connectivity index (χ2v) is 8.92. The van der Waals surface area contributed by atoms with Crippen molar-refractivity contribution in [2.24, 2.45) is 0 Å². The molecule has 2 heterocycles. The normalized spacial score (nSPS) is 16.8. The topological polar surface area (TPSA) is 70.8 Å². The first-order valence-corrected chi connectivity index (χ1v) is 11.2. The maximum absolute atomic E-state index is 12.8. The molecule has 2 aromatic rings. The molecule has 0 spiro atoms. The number of carbonyl (C=O) groups is 2. The summed E-state index contributed by atoms with van der Waals surface area (Å²) in [6, 6.07) is 10.6. The lowest BCUT2D eigenvalue weighted by Gasteiger charge is -2.22. The minimum atomic E-state index is -1.05. The molecule has 0 aliphatic carbocycles. The molecule has 8 heteroatoms. The van der Waals surface area contributed by atoms with Crippen LogP contribution in [0.2, 0.25) is 0 Å². The number of carbonyl (C=O) groups excluding carboxylic acids is 1. The average molecular weight is 434 g/mol. The Hall–Kier alpha value is -2.03. The van der Waals surface area contributed by atoms with Gasteiger partial charge in [0, 0.05) is 11.6 Å². The molecular weight excluding hydrogens is 414 g/mol. The van der Waals surface area contributed by atoms with E-state index in [9.17, 15) is 14.7 Å². The predicted molar refractivity (Wildman–Crippen MR) is 118 cm³/mol. The van der Waals surface area contributed by atoms with E-state index in [1.807, 2.05) is 43.5 Å². The number of hydrogen-bond donors (Lipinski definition) is 1. The first-order chi connectivity index (χ1) is 13.4. The highest BCUT2D eigenvalue weighted by Crippen LogP contribution is 2.35. The highest BCUT2D eigenvalue weighted by Gasteiger charge is 2.40. The smallest absolute Gasteiger partial charge is 0.326 e. The van der Waals surface area contributed by atoms with E-state index < -0.39 is 17.9 Å². The summed E-state index contributed by atoms with van der Waals surface area (Å²) in [5.41, 5.74) is 2.11. The molecule has 1 saturated heterocycles. The number of rotatable bonds is 7. The van der Waals surface area contributed by atoms with Crippen molar-refractivity contribution in [3.05, 3.63) is 52.6 Å². The number of carboxylic acids is 1. The van der Waals surface area contributed by atoms with Crippen molar-refractivity contribution in [2.75, 3.05) is 12.0 Å². The first-order valence-electron chi connectivity index (χ1n) is 8.56. The fourth-order valence-corrected chi connectivity index (χ4v) is 4.57. The molecule has 1 N–H and O–H groups in total. The molecule has 0 bridgehead atoms. The number of thioether (sulfide) groups is 2. The van der Waals surface area contributed by atoms with Gasteiger partial charge in [-0.2, -0.15) is 11.8 Å². The van der Waals surface area contributed by atoms with Gasteiger partial charge in [0.15, 0.2) is 0 Å². The lowest BCUT2D eigenvalue weighted by molar-refractivity contribution is -0.145. The maximum Gasteiger partial charge on any atom is 0.326 e. The molecule has 1 fully saturated rings. The number of aryl methyl sites for hydroxylation is 1. The quantitative estimate of drug-likeness (QED) is 0.503. The summed E-state index contributed by atoms with van der Waals surface area (Å²) in [6.45, 7) is 2.02. The van der Waals surface area contributed by atoms with Crippen LogP contribution in [0.15, 0.2) is 45.7 Å². The van der Waals surface area contributed by atoms with Crippen molar-refractivity contribution in [3.63, 3.8) is 0 Å². The monoisotopic (exact) mass is 433 g/mol. The summed E-state index contributed by atoms with van der Waals surface area (Å²) in [7, 11) is 0. The second kappa shape index (κ2) is 8.98. The van der Waals surface area contributed by atoms with Gasteiger partial charge >= 0.3 is 5.97 Å². The zero-order chi connectivity index (χ0) is 20.3. The summed E-state index contributed by atoms with van der Waals surface area (Å²) in [5.74, 6) is 0.408. The molecule has 0 saturated carbocycles. The lowest BCUT2D eigenvalue weighted by Crippen LogP contribution is -2.44. The van der Waals surface area contributed by atoms with E-state index in [1.54, 1.807) is 12.1 Å². The standard InChI is InChI=1S/C20H19NO4S3/c1-12-3-5-13(6-4-12)16-8-7-14(25-16)11-17-18(22)21(20(26)28-17)15(19(23)24)9-10-27-2/h3-8,11,15H,9-10H2,1-2H3,(H,23,24)/b17-11-/t15-/m1/s1. The maximum atomic E-state index is 12.8. The SMILES string of the molecule is CSCC[C@H](C(=O)O)N1C(=O)/C(=C/c2ccc(-c3ccc(C)cc3)o2)SC1=S. The van der Waals surface area contributed by atoms with Gasteiger partial charge in [0.2, 0.25) is 0 Å². The molecule has 5 nitrogen and oxygen atoms in total. The molecule has 146 valence electrons. The van der Waals surface area contributed by atoms with Crippen LogP contribution in [-0.4, -0.2) is 44.3 Å². The van der Waals surface area contributed by atoms with E-state index in [1.165, 1.54) is 16.7 Å². The van der Waals surface area contributed by atoms with E-state index >= 15 is 0 Å². The van der Waals surface area contributed by atoms with E-state index in [0.717, 1.165) is 22.9 Å². The van der Waals surface area contributed by atoms with Gasteiger partial charge in [-0.1, -0.05) is 53.8 Å². The summed E-state index contributed by atoms with van der Waals surface area (Å²) >= 11 is 7.91. The molecule has 1 amide bonds. The van der Waals surface area contributed by atoms with E-state index in [0.29, 0.717) is 28.6 Å². The third-order valence-electron chi connectivity index (χ3n) is 4.25. The lowest BCUT2D eigenvalue weighted by atomic mass is 10.1. The molecular formula is C20H19NO4S3. The molecule has 0 radical (unpaired) electrons. The first kappa shape index (κ1) is 20.7. The Morgan fingerprint density at radius 1 is 1.32 bits per heavy atom. The number of furan rings is 1. The number of thiocarbonyl (C=S) groups is 1. The van der Waals surface area contributed by atoms with Crippen LogP contribution < -0.4 is 0 Å². The van der Waals surface area contributed by atoms with Gasteiger partial charge in [0.25, 0.3) is 5.91 Å². The van der Waals surface area contributed by atoms with Crippen molar-refractivity contribution < 1.29 is 19.1 Å². The molecule has 1 aromatic heterocycles. The summed E-state index contributed by atoms with van der Waals surface area (Å²) in [6.07, 6.45) is 3.85. The fourth-order valence-electron chi connectivity index (χ4n) is 2.77. The summed E-state index contributed by atoms with van der Waals surface area (Å²) in [5, 5.41) is 9.51. The van der Waals surface area contributed by atoms with Crippen molar-refractivity contribution in [2.45, 2.75) is 19.4 Å². The van der Waals surface area contributed by atoms with Crippen LogP contribution in [0.5, 0.6) is 0 Å². The van der Waals surface area contributed by atoms with E-state index in [2.05, 4.69) is 0 Å². The highest BCUT2D eigenvalue weighted by molar-refractivity contribution is 8.26. The van der Waals surface area contributed by atoms with Crippen LogP contribution in [0.25, 0.3) is 17.4 Å². The van der Waals surface area contributed by atoms with Crippen LogP contribution in [0.1, 0.15) is 17.7 Å². The molecule has 1 aliphatic rings. The number of carboxylic acid groups (broad SMARTS) is 1. The molecule has 28 heavy (non-hydrogen) atoms. The van der Waals surface area contributed by atoms with Crippen LogP contribution in [-0.2, 0) is 9.59 Å². The van der Waals surface area contributed by atoms with Crippen molar-refractivity contribution in [1.29, 1.82) is 0 Å². The number of aliphatic carboxylic acids is 1. The fraction of sp³-hybridized carbons (Fsp3) is 0.250. The largest absolute Gasteiger partial charge is 0.480 e. The Balaban J connectivity index is 1.82. The Morgan fingerprint density at radius 3 is 2.68 bits per heavy atom. The van der Waals surface area contributed by atoms with Crippen LogP contribution >= 0.6 is 35.7 Å². The van der Waals surface area contributed by atoms with Crippen LogP contribution in [0, 0.1) is 6.92 Å². The van der Waals surface area contributed by atoms with Gasteiger partial charge < -0.3 is 9.52 Å². The molecule has 3 rings (SSSR count). The number of nitrogens with zero attached hydrogens (tertiary/aromatic N) is 1. The highest BCUT2D eigenvalue weighted by atomic mass is 32.2. The third-order valence-corrected chi connectivity index (χ3v) is 6.23. The molecule has 0 unspecified atom stereocenters. The summed E-state index contributed by atoms with van der Waals surface area (Å²) < 4.78 is 6.10. The second-order valence-electron chi connectivity index (χ2n) is 6.26. The number of benzene rings is 1. The number of amides is 1. The van der Waals surface area contributed by atoms with Gasteiger partial charge in [-0.3, -0.25) is 9.69 Å². The van der Waals surface area contributed by atoms with E-state index in [-0.39, 0.29) is 4.32 Å². The van der Waals surface area contributed by atoms with Crippen molar-refractivity contribution >= 4 is 58.0 Å². The third kappa shape index (κ3) is 4.51. The minimum absolute atomic E-state index is 0.259. The summed E-state index contributed by atoms with van der Waals surface area (Å²) in [4.78, 5) is 26.0. The van der Waals surface area contributed by atoms with Crippen LogP contribution in [0.4, 0.5) is 0 Å². The number of hydrogen-bond acceptors (Lipinski definition) is 6. The van der Waals surface area contributed by atoms with Crippen molar-refractivity contribution in [1.82, 2.24) is 4.90 Å². The molecule has 1 atom stereocenters. The zero-order valence-corrected chi connectivity index (χ0v) is 17.8. The Labute approximate surface area is 177 Å². The molecule has 1 aromatic carbocycles.